The molecule has 0 fully saturated rings. The fourth-order valence-corrected chi connectivity index (χ4v) is 2.48. The SMILES string of the molecule is CC(O)CN(C)C(=O)NCCc1ccc(Cl)s1. The Labute approximate surface area is 110 Å². The minimum atomic E-state index is -0.512. The molecule has 0 saturated heterocycles. The number of halogens is 1. The summed E-state index contributed by atoms with van der Waals surface area (Å²) in [6, 6.07) is 3.63. The molecule has 1 aromatic rings. The number of hydrogen-bond donors (Lipinski definition) is 2. The Bertz CT molecular complexity index is 368. The van der Waals surface area contributed by atoms with Crippen molar-refractivity contribution in [3.63, 3.8) is 0 Å². The number of thiophene rings is 1. The smallest absolute Gasteiger partial charge is 0.317 e. The van der Waals surface area contributed by atoms with E-state index in [4.69, 9.17) is 16.7 Å². The molecule has 6 heteroatoms. The summed E-state index contributed by atoms with van der Waals surface area (Å²) >= 11 is 7.32. The van der Waals surface area contributed by atoms with Crippen LogP contribution in [0.4, 0.5) is 4.79 Å². The average Bonchev–Trinajstić information content (AvgIpc) is 2.63. The number of likely N-dealkylation sites (N-methyl/N-ethyl adjacent to an activating group) is 1. The number of nitrogens with one attached hydrogen (secondary N) is 1. The van der Waals surface area contributed by atoms with Crippen molar-refractivity contribution in [2.45, 2.75) is 19.4 Å². The first-order chi connectivity index (χ1) is 7.99. The molecule has 0 aliphatic rings. The lowest BCUT2D eigenvalue weighted by Crippen LogP contribution is -2.41. The summed E-state index contributed by atoms with van der Waals surface area (Å²) in [5, 5.41) is 11.9. The van der Waals surface area contributed by atoms with Gasteiger partial charge in [0.15, 0.2) is 0 Å². The van der Waals surface area contributed by atoms with Crippen molar-refractivity contribution < 1.29 is 9.90 Å². The van der Waals surface area contributed by atoms with Crippen molar-refractivity contribution in [1.82, 2.24) is 10.2 Å². The Morgan fingerprint density at radius 1 is 1.65 bits per heavy atom. The van der Waals surface area contributed by atoms with Crippen molar-refractivity contribution in [2.75, 3.05) is 20.1 Å². The van der Waals surface area contributed by atoms with E-state index in [-0.39, 0.29) is 6.03 Å². The van der Waals surface area contributed by atoms with E-state index in [9.17, 15) is 4.79 Å². The molecule has 0 aliphatic carbocycles. The molecule has 1 heterocycles. The number of carbonyl (C=O) groups is 1. The zero-order valence-corrected chi connectivity index (χ0v) is 11.5. The molecular weight excluding hydrogens is 260 g/mol. The first-order valence-corrected chi connectivity index (χ1v) is 6.59. The van der Waals surface area contributed by atoms with Gasteiger partial charge in [-0.15, -0.1) is 11.3 Å². The first-order valence-electron chi connectivity index (χ1n) is 5.40. The van der Waals surface area contributed by atoms with Crippen LogP contribution in [0.5, 0.6) is 0 Å². The summed E-state index contributed by atoms with van der Waals surface area (Å²) in [7, 11) is 1.66. The second-order valence-electron chi connectivity index (χ2n) is 3.92. The van der Waals surface area contributed by atoms with Crippen LogP contribution >= 0.6 is 22.9 Å². The van der Waals surface area contributed by atoms with Crippen LogP contribution in [0.1, 0.15) is 11.8 Å². The second-order valence-corrected chi connectivity index (χ2v) is 5.72. The average molecular weight is 277 g/mol. The first kappa shape index (κ1) is 14.3. The van der Waals surface area contributed by atoms with Gasteiger partial charge in [0.25, 0.3) is 0 Å². The molecule has 2 N–H and O–H groups in total. The van der Waals surface area contributed by atoms with Gasteiger partial charge in [0.05, 0.1) is 10.4 Å². The number of nitrogens with zero attached hydrogens (tertiary/aromatic N) is 1. The van der Waals surface area contributed by atoms with Crippen LogP contribution in [-0.4, -0.2) is 42.3 Å². The van der Waals surface area contributed by atoms with E-state index in [1.165, 1.54) is 16.2 Å². The van der Waals surface area contributed by atoms with Crippen molar-refractivity contribution in [1.29, 1.82) is 0 Å². The van der Waals surface area contributed by atoms with E-state index in [0.29, 0.717) is 13.1 Å². The van der Waals surface area contributed by atoms with Gasteiger partial charge in [-0.05, 0) is 25.5 Å². The van der Waals surface area contributed by atoms with Crippen molar-refractivity contribution in [2.24, 2.45) is 0 Å². The van der Waals surface area contributed by atoms with Gasteiger partial charge < -0.3 is 15.3 Å². The van der Waals surface area contributed by atoms with Gasteiger partial charge in [-0.25, -0.2) is 4.79 Å². The van der Waals surface area contributed by atoms with E-state index in [2.05, 4.69) is 5.32 Å². The third-order valence-electron chi connectivity index (χ3n) is 2.16. The maximum Gasteiger partial charge on any atom is 0.317 e. The number of urea groups is 1. The van der Waals surface area contributed by atoms with Gasteiger partial charge in [0.2, 0.25) is 0 Å². The summed E-state index contributed by atoms with van der Waals surface area (Å²) in [6.45, 7) is 2.55. The fourth-order valence-electron chi connectivity index (χ4n) is 1.39. The monoisotopic (exact) mass is 276 g/mol. The number of rotatable bonds is 5. The Balaban J connectivity index is 2.24. The van der Waals surface area contributed by atoms with Crippen LogP contribution in [0.15, 0.2) is 12.1 Å². The number of hydrogen-bond acceptors (Lipinski definition) is 3. The largest absolute Gasteiger partial charge is 0.392 e. The number of aliphatic hydroxyl groups is 1. The Kier molecular flexibility index (Phi) is 5.74. The molecule has 2 amide bonds. The summed E-state index contributed by atoms with van der Waals surface area (Å²) < 4.78 is 0.762. The van der Waals surface area contributed by atoms with E-state index in [0.717, 1.165) is 15.6 Å². The van der Waals surface area contributed by atoms with Crippen LogP contribution < -0.4 is 5.32 Å². The van der Waals surface area contributed by atoms with Crippen LogP contribution in [0, 0.1) is 0 Å². The Morgan fingerprint density at radius 2 is 2.35 bits per heavy atom. The number of aliphatic hydroxyl groups excluding tert-OH is 1. The molecular formula is C11H17ClN2O2S. The number of amides is 2. The molecule has 0 radical (unpaired) electrons. The molecule has 1 unspecified atom stereocenters. The minimum Gasteiger partial charge on any atom is -0.392 e. The van der Waals surface area contributed by atoms with E-state index in [1.807, 2.05) is 12.1 Å². The summed E-state index contributed by atoms with van der Waals surface area (Å²) in [5.74, 6) is 0. The predicted octanol–water partition coefficient (Wildman–Crippen LogP) is 1.97. The molecule has 1 atom stereocenters. The van der Waals surface area contributed by atoms with Gasteiger partial charge in [0, 0.05) is 25.0 Å². The zero-order valence-electron chi connectivity index (χ0n) is 9.94. The van der Waals surface area contributed by atoms with Crippen LogP contribution in [0.25, 0.3) is 0 Å². The topological polar surface area (TPSA) is 52.6 Å². The van der Waals surface area contributed by atoms with Gasteiger partial charge in [-0.1, -0.05) is 11.6 Å². The molecule has 0 saturated carbocycles. The molecule has 1 aromatic heterocycles. The quantitative estimate of drug-likeness (QED) is 0.864. The lowest BCUT2D eigenvalue weighted by atomic mass is 10.3. The zero-order chi connectivity index (χ0) is 12.8. The van der Waals surface area contributed by atoms with Crippen LogP contribution in [-0.2, 0) is 6.42 Å². The molecule has 0 aliphatic heterocycles. The molecule has 0 spiro atoms. The lowest BCUT2D eigenvalue weighted by Gasteiger charge is -2.19. The van der Waals surface area contributed by atoms with Crippen molar-refractivity contribution in [3.8, 4) is 0 Å². The van der Waals surface area contributed by atoms with Gasteiger partial charge in [-0.3, -0.25) is 0 Å². The summed E-state index contributed by atoms with van der Waals surface area (Å²) in [4.78, 5) is 14.2. The van der Waals surface area contributed by atoms with E-state index >= 15 is 0 Å². The van der Waals surface area contributed by atoms with Crippen LogP contribution in [0.3, 0.4) is 0 Å². The third kappa shape index (κ3) is 5.39. The molecule has 4 nitrogen and oxygen atoms in total. The maximum atomic E-state index is 11.6. The molecule has 17 heavy (non-hydrogen) atoms. The highest BCUT2D eigenvalue weighted by molar-refractivity contribution is 7.16. The highest BCUT2D eigenvalue weighted by Crippen LogP contribution is 2.21. The fraction of sp³-hybridized carbons (Fsp3) is 0.545. The lowest BCUT2D eigenvalue weighted by molar-refractivity contribution is 0.144. The van der Waals surface area contributed by atoms with Gasteiger partial charge in [0.1, 0.15) is 0 Å². The van der Waals surface area contributed by atoms with Gasteiger partial charge in [-0.2, -0.15) is 0 Å². The number of carbonyl (C=O) groups excluding carboxylic acids is 1. The molecule has 96 valence electrons. The highest BCUT2D eigenvalue weighted by atomic mass is 35.5. The normalized spacial score (nSPS) is 12.2. The Morgan fingerprint density at radius 3 is 2.88 bits per heavy atom. The summed E-state index contributed by atoms with van der Waals surface area (Å²) in [5.41, 5.74) is 0. The molecule has 0 aromatic carbocycles. The van der Waals surface area contributed by atoms with E-state index < -0.39 is 6.10 Å². The predicted molar refractivity (Wildman–Crippen MR) is 70.7 cm³/mol. The highest BCUT2D eigenvalue weighted by Gasteiger charge is 2.09. The summed E-state index contributed by atoms with van der Waals surface area (Å²) in [6.07, 6.45) is 0.257. The maximum absolute atomic E-state index is 11.6. The van der Waals surface area contributed by atoms with Gasteiger partial charge >= 0.3 is 6.03 Å². The molecule has 0 bridgehead atoms. The molecule has 1 rings (SSSR count). The second kappa shape index (κ2) is 6.83. The third-order valence-corrected chi connectivity index (χ3v) is 3.45. The standard InChI is InChI=1S/C11H17ClN2O2S/c1-8(15)7-14(2)11(16)13-6-5-9-3-4-10(12)17-9/h3-4,8,15H,5-7H2,1-2H3,(H,13,16). The van der Waals surface area contributed by atoms with E-state index in [1.54, 1.807) is 14.0 Å². The minimum absolute atomic E-state index is 0.173. The van der Waals surface area contributed by atoms with Crippen molar-refractivity contribution in [3.05, 3.63) is 21.3 Å². The Hall–Kier alpha value is -0.780. The van der Waals surface area contributed by atoms with Crippen molar-refractivity contribution >= 4 is 29.0 Å². The van der Waals surface area contributed by atoms with Crippen LogP contribution in [0.2, 0.25) is 4.34 Å².